The summed E-state index contributed by atoms with van der Waals surface area (Å²) >= 11 is 5.98. The highest BCUT2D eigenvalue weighted by molar-refractivity contribution is 6.30. The number of aryl methyl sites for hydroxylation is 1. The number of carbonyl (C=O) groups is 1. The van der Waals surface area contributed by atoms with Crippen LogP contribution in [0.4, 0.5) is 0 Å². The van der Waals surface area contributed by atoms with Crippen LogP contribution < -0.4 is 0 Å². The van der Waals surface area contributed by atoms with E-state index in [1.54, 1.807) is 24.3 Å². The molecular formula is C16H19ClN4O. The molecule has 2 heterocycles. The van der Waals surface area contributed by atoms with Gasteiger partial charge in [0.05, 0.1) is 24.5 Å². The normalized spacial score (nSPS) is 13.8. The second-order valence-corrected chi connectivity index (χ2v) is 6.34. The van der Waals surface area contributed by atoms with Crippen molar-refractivity contribution in [2.24, 2.45) is 7.05 Å². The third kappa shape index (κ3) is 2.74. The van der Waals surface area contributed by atoms with Gasteiger partial charge in [-0.3, -0.25) is 9.48 Å². The van der Waals surface area contributed by atoms with E-state index in [-0.39, 0.29) is 5.91 Å². The van der Waals surface area contributed by atoms with Crippen molar-refractivity contribution in [1.82, 2.24) is 19.6 Å². The number of benzene rings is 1. The Bertz CT molecular complexity index is 723. The number of hydrogen-bond acceptors (Lipinski definition) is 3. The van der Waals surface area contributed by atoms with Crippen LogP contribution >= 0.6 is 11.6 Å². The van der Waals surface area contributed by atoms with Gasteiger partial charge < -0.3 is 9.80 Å². The zero-order valence-electron chi connectivity index (χ0n) is 13.0. The Morgan fingerprint density at radius 3 is 2.82 bits per heavy atom. The molecule has 2 aromatic rings. The van der Waals surface area contributed by atoms with Gasteiger partial charge in [-0.05, 0) is 32.3 Å². The lowest BCUT2D eigenvalue weighted by atomic mass is 10.2. The van der Waals surface area contributed by atoms with Gasteiger partial charge in [0, 0.05) is 29.7 Å². The van der Waals surface area contributed by atoms with Crippen LogP contribution in [0, 0.1) is 0 Å². The number of halogens is 1. The lowest BCUT2D eigenvalue weighted by Crippen LogP contribution is -2.26. The Labute approximate surface area is 135 Å². The molecule has 1 amide bonds. The van der Waals surface area contributed by atoms with Crippen molar-refractivity contribution in [3.8, 4) is 0 Å². The molecule has 0 saturated heterocycles. The lowest BCUT2D eigenvalue weighted by molar-refractivity contribution is 0.0748. The standard InChI is InChI=1S/C16H19ClN4O/c1-19(2)9-14-13-8-21(10-15(13)20(3)18-14)16(22)11-5-4-6-12(17)7-11/h4-7H,8-10H2,1-3H3. The zero-order valence-corrected chi connectivity index (χ0v) is 13.8. The monoisotopic (exact) mass is 318 g/mol. The van der Waals surface area contributed by atoms with Gasteiger partial charge in [0.15, 0.2) is 0 Å². The van der Waals surface area contributed by atoms with Crippen molar-refractivity contribution in [3.05, 3.63) is 51.8 Å². The zero-order chi connectivity index (χ0) is 15.9. The summed E-state index contributed by atoms with van der Waals surface area (Å²) in [6.45, 7) is 1.98. The van der Waals surface area contributed by atoms with Gasteiger partial charge in [-0.25, -0.2) is 0 Å². The first-order valence-corrected chi connectivity index (χ1v) is 7.56. The molecule has 1 aromatic heterocycles. The van der Waals surface area contributed by atoms with Gasteiger partial charge in [-0.15, -0.1) is 0 Å². The maximum atomic E-state index is 12.6. The van der Waals surface area contributed by atoms with E-state index in [1.165, 1.54) is 5.56 Å². The maximum Gasteiger partial charge on any atom is 0.254 e. The predicted octanol–water partition coefficient (Wildman–Crippen LogP) is 2.29. The Kier molecular flexibility index (Phi) is 3.93. The summed E-state index contributed by atoms with van der Waals surface area (Å²) in [6.07, 6.45) is 0. The fraction of sp³-hybridized carbons (Fsp3) is 0.375. The van der Waals surface area contributed by atoms with E-state index in [0.717, 1.165) is 17.9 Å². The maximum absolute atomic E-state index is 12.6. The average Bonchev–Trinajstić information content (AvgIpc) is 3.00. The van der Waals surface area contributed by atoms with Crippen LogP contribution in [0.1, 0.15) is 27.3 Å². The summed E-state index contributed by atoms with van der Waals surface area (Å²) in [5.74, 6) is 0.00880. The molecule has 0 spiro atoms. The molecule has 0 aliphatic carbocycles. The van der Waals surface area contributed by atoms with E-state index in [2.05, 4.69) is 10.00 Å². The summed E-state index contributed by atoms with van der Waals surface area (Å²) in [5, 5.41) is 5.15. The van der Waals surface area contributed by atoms with E-state index in [4.69, 9.17) is 11.6 Å². The molecule has 1 aromatic carbocycles. The highest BCUT2D eigenvalue weighted by atomic mass is 35.5. The summed E-state index contributed by atoms with van der Waals surface area (Å²) in [5.41, 5.74) is 3.96. The molecular weight excluding hydrogens is 300 g/mol. The molecule has 0 saturated carbocycles. The minimum absolute atomic E-state index is 0.00880. The third-order valence-electron chi connectivity index (χ3n) is 3.87. The van der Waals surface area contributed by atoms with Gasteiger partial charge in [0.25, 0.3) is 5.91 Å². The number of amides is 1. The van der Waals surface area contributed by atoms with Crippen LogP contribution in [0.3, 0.4) is 0 Å². The Hall–Kier alpha value is -1.85. The van der Waals surface area contributed by atoms with Gasteiger partial charge in [-0.2, -0.15) is 5.10 Å². The first-order chi connectivity index (χ1) is 10.5. The second-order valence-electron chi connectivity index (χ2n) is 5.90. The first kappa shape index (κ1) is 15.1. The molecule has 1 aliphatic rings. The average molecular weight is 319 g/mol. The Morgan fingerprint density at radius 1 is 1.36 bits per heavy atom. The number of hydrogen-bond donors (Lipinski definition) is 0. The molecule has 116 valence electrons. The van der Waals surface area contributed by atoms with Crippen LogP contribution in [0.5, 0.6) is 0 Å². The molecule has 1 aliphatic heterocycles. The minimum atomic E-state index is 0.00880. The first-order valence-electron chi connectivity index (χ1n) is 7.19. The number of rotatable bonds is 3. The van der Waals surface area contributed by atoms with Crippen LogP contribution in [0.15, 0.2) is 24.3 Å². The van der Waals surface area contributed by atoms with Crippen LogP contribution in [0.2, 0.25) is 5.02 Å². The summed E-state index contributed by atoms with van der Waals surface area (Å²) in [7, 11) is 5.97. The Balaban J connectivity index is 1.84. The molecule has 0 fully saturated rings. The highest BCUT2D eigenvalue weighted by Gasteiger charge is 2.30. The van der Waals surface area contributed by atoms with E-state index in [1.807, 2.05) is 30.7 Å². The molecule has 5 nitrogen and oxygen atoms in total. The highest BCUT2D eigenvalue weighted by Crippen LogP contribution is 2.27. The largest absolute Gasteiger partial charge is 0.328 e. The van der Waals surface area contributed by atoms with Gasteiger partial charge in [0.2, 0.25) is 0 Å². The number of nitrogens with zero attached hydrogens (tertiary/aromatic N) is 4. The van der Waals surface area contributed by atoms with Crippen LogP contribution in [0.25, 0.3) is 0 Å². The fourth-order valence-corrected chi connectivity index (χ4v) is 3.04. The van der Waals surface area contributed by atoms with Gasteiger partial charge >= 0.3 is 0 Å². The van der Waals surface area contributed by atoms with Crippen LogP contribution in [-0.2, 0) is 26.7 Å². The molecule has 0 unspecified atom stereocenters. The summed E-state index contributed by atoms with van der Waals surface area (Å²) in [4.78, 5) is 16.6. The Morgan fingerprint density at radius 2 is 2.14 bits per heavy atom. The van der Waals surface area contributed by atoms with Gasteiger partial charge in [0.1, 0.15) is 0 Å². The fourth-order valence-electron chi connectivity index (χ4n) is 2.85. The quantitative estimate of drug-likeness (QED) is 0.872. The molecule has 22 heavy (non-hydrogen) atoms. The van der Waals surface area contributed by atoms with Crippen molar-refractivity contribution in [3.63, 3.8) is 0 Å². The topological polar surface area (TPSA) is 41.4 Å². The molecule has 0 N–H and O–H groups in total. The van der Waals surface area contributed by atoms with Crippen molar-refractivity contribution in [1.29, 1.82) is 0 Å². The number of fused-ring (bicyclic) bond motifs is 1. The molecule has 6 heteroatoms. The molecule has 0 atom stereocenters. The van der Waals surface area contributed by atoms with E-state index < -0.39 is 0 Å². The molecule has 0 radical (unpaired) electrons. The van der Waals surface area contributed by atoms with Crippen molar-refractivity contribution < 1.29 is 4.79 Å². The SMILES string of the molecule is CN(C)Cc1nn(C)c2c1CN(C(=O)c1cccc(Cl)c1)C2. The molecule has 0 bridgehead atoms. The van der Waals surface area contributed by atoms with Crippen LogP contribution in [-0.4, -0.2) is 39.6 Å². The summed E-state index contributed by atoms with van der Waals surface area (Å²) in [6, 6.07) is 7.09. The third-order valence-corrected chi connectivity index (χ3v) is 4.11. The number of aromatic nitrogens is 2. The van der Waals surface area contributed by atoms with Crippen molar-refractivity contribution in [2.45, 2.75) is 19.6 Å². The van der Waals surface area contributed by atoms with E-state index in [0.29, 0.717) is 23.7 Å². The van der Waals surface area contributed by atoms with Crippen molar-refractivity contribution >= 4 is 17.5 Å². The van der Waals surface area contributed by atoms with E-state index in [9.17, 15) is 4.79 Å². The lowest BCUT2D eigenvalue weighted by Gasteiger charge is -2.17. The van der Waals surface area contributed by atoms with Gasteiger partial charge in [-0.1, -0.05) is 17.7 Å². The van der Waals surface area contributed by atoms with Crippen molar-refractivity contribution in [2.75, 3.05) is 14.1 Å². The second kappa shape index (κ2) is 5.74. The summed E-state index contributed by atoms with van der Waals surface area (Å²) < 4.78 is 1.89. The predicted molar refractivity (Wildman–Crippen MR) is 85.6 cm³/mol. The molecule has 3 rings (SSSR count). The number of carbonyl (C=O) groups excluding carboxylic acids is 1. The smallest absolute Gasteiger partial charge is 0.254 e. The van der Waals surface area contributed by atoms with E-state index >= 15 is 0 Å². The minimum Gasteiger partial charge on any atom is -0.328 e.